The zero-order chi connectivity index (χ0) is 29.4. The number of methoxy groups -OCH3 is 2. The number of piperidine rings is 1. The normalized spacial score (nSPS) is 16.6. The van der Waals surface area contributed by atoms with E-state index in [1.807, 2.05) is 61.1 Å². The molecule has 0 saturated carbocycles. The van der Waals surface area contributed by atoms with Gasteiger partial charge in [0.1, 0.15) is 11.5 Å². The van der Waals surface area contributed by atoms with E-state index in [1.165, 1.54) is 5.56 Å². The fourth-order valence-electron chi connectivity index (χ4n) is 5.77. The molecule has 1 aliphatic rings. The molecule has 0 amide bonds. The summed E-state index contributed by atoms with van der Waals surface area (Å²) in [5.74, 6) is 2.43. The topological polar surface area (TPSA) is 90.4 Å². The minimum absolute atomic E-state index is 0.0248. The SMILES string of the molecule is COc1cc(COC2CNCCC2c2cnc(NCCc3ccc(-c4ccccc4)cn3)nc2)c(OC)c2ccccc12. The molecule has 1 fully saturated rings. The first kappa shape index (κ1) is 28.6. The predicted molar refractivity (Wildman–Crippen MR) is 170 cm³/mol. The van der Waals surface area contributed by atoms with Crippen LogP contribution < -0.4 is 20.1 Å². The lowest BCUT2D eigenvalue weighted by Gasteiger charge is -2.32. The van der Waals surface area contributed by atoms with E-state index in [2.05, 4.69) is 55.9 Å². The molecule has 2 aromatic heterocycles. The van der Waals surface area contributed by atoms with Gasteiger partial charge < -0.3 is 24.8 Å². The lowest BCUT2D eigenvalue weighted by atomic mass is 9.89. The van der Waals surface area contributed by atoms with E-state index in [9.17, 15) is 0 Å². The summed E-state index contributed by atoms with van der Waals surface area (Å²) in [4.78, 5) is 13.9. The summed E-state index contributed by atoms with van der Waals surface area (Å²) in [5.41, 5.74) is 5.36. The second-order valence-electron chi connectivity index (χ2n) is 10.7. The average molecular weight is 576 g/mol. The molecule has 2 N–H and O–H groups in total. The summed E-state index contributed by atoms with van der Waals surface area (Å²) in [5, 5.41) is 8.84. The number of anilines is 1. The van der Waals surface area contributed by atoms with Gasteiger partial charge in [-0.25, -0.2) is 9.97 Å². The second kappa shape index (κ2) is 13.6. The number of nitrogens with zero attached hydrogens (tertiary/aromatic N) is 3. The van der Waals surface area contributed by atoms with Gasteiger partial charge in [-0.05, 0) is 36.2 Å². The highest BCUT2D eigenvalue weighted by atomic mass is 16.5. The van der Waals surface area contributed by atoms with Gasteiger partial charge in [0.2, 0.25) is 5.95 Å². The Kier molecular flexibility index (Phi) is 9.06. The van der Waals surface area contributed by atoms with Crippen molar-refractivity contribution in [1.29, 1.82) is 0 Å². The van der Waals surface area contributed by atoms with E-state index in [1.54, 1.807) is 14.2 Å². The van der Waals surface area contributed by atoms with Crippen LogP contribution in [0.25, 0.3) is 21.9 Å². The van der Waals surface area contributed by atoms with Gasteiger partial charge >= 0.3 is 0 Å². The Bertz CT molecular complexity index is 1630. The van der Waals surface area contributed by atoms with Crippen LogP contribution in [0.1, 0.15) is 29.2 Å². The van der Waals surface area contributed by atoms with Crippen molar-refractivity contribution in [3.05, 3.63) is 108 Å². The molecule has 220 valence electrons. The van der Waals surface area contributed by atoms with Crippen LogP contribution in [0.5, 0.6) is 11.5 Å². The second-order valence-corrected chi connectivity index (χ2v) is 10.7. The quantitative estimate of drug-likeness (QED) is 0.198. The van der Waals surface area contributed by atoms with Crippen molar-refractivity contribution in [2.24, 2.45) is 0 Å². The Morgan fingerprint density at radius 3 is 2.37 bits per heavy atom. The number of fused-ring (bicyclic) bond motifs is 1. The summed E-state index contributed by atoms with van der Waals surface area (Å²) >= 11 is 0. The molecule has 0 aliphatic carbocycles. The Hall–Kier alpha value is -4.53. The number of pyridine rings is 1. The van der Waals surface area contributed by atoms with Gasteiger partial charge in [0, 0.05) is 71.6 Å². The van der Waals surface area contributed by atoms with Gasteiger partial charge in [0.15, 0.2) is 0 Å². The van der Waals surface area contributed by atoms with Gasteiger partial charge in [0.05, 0.1) is 26.9 Å². The number of nitrogens with one attached hydrogen (secondary N) is 2. The molecule has 1 aliphatic heterocycles. The monoisotopic (exact) mass is 575 g/mol. The Balaban J connectivity index is 1.07. The maximum atomic E-state index is 6.53. The van der Waals surface area contributed by atoms with Gasteiger partial charge in [-0.1, -0.05) is 60.7 Å². The van der Waals surface area contributed by atoms with E-state index in [-0.39, 0.29) is 12.0 Å². The Morgan fingerprint density at radius 2 is 1.63 bits per heavy atom. The van der Waals surface area contributed by atoms with Gasteiger partial charge in [-0.2, -0.15) is 0 Å². The number of aromatic nitrogens is 3. The van der Waals surface area contributed by atoms with Gasteiger partial charge in [-0.15, -0.1) is 0 Å². The molecule has 0 radical (unpaired) electrons. The van der Waals surface area contributed by atoms with Crippen molar-refractivity contribution >= 4 is 16.7 Å². The van der Waals surface area contributed by atoms with Crippen molar-refractivity contribution in [3.63, 3.8) is 0 Å². The van der Waals surface area contributed by atoms with Gasteiger partial charge in [0.25, 0.3) is 0 Å². The predicted octanol–water partition coefficient (Wildman–Crippen LogP) is 6.03. The summed E-state index contributed by atoms with van der Waals surface area (Å²) in [6, 6.07) is 24.6. The van der Waals surface area contributed by atoms with Crippen LogP contribution in [-0.2, 0) is 17.8 Å². The summed E-state index contributed by atoms with van der Waals surface area (Å²) in [6.07, 6.45) is 7.49. The zero-order valence-corrected chi connectivity index (χ0v) is 24.6. The number of ether oxygens (including phenoxy) is 3. The van der Waals surface area contributed by atoms with E-state index in [0.717, 1.165) is 70.6 Å². The molecule has 1 saturated heterocycles. The van der Waals surface area contributed by atoms with Gasteiger partial charge in [-0.3, -0.25) is 4.98 Å². The molecule has 6 rings (SSSR count). The average Bonchev–Trinajstić information content (AvgIpc) is 3.08. The summed E-state index contributed by atoms with van der Waals surface area (Å²) in [7, 11) is 3.40. The largest absolute Gasteiger partial charge is 0.496 e. The highest BCUT2D eigenvalue weighted by Crippen LogP contribution is 2.38. The van der Waals surface area contributed by atoms with E-state index >= 15 is 0 Å². The molecule has 3 aromatic carbocycles. The van der Waals surface area contributed by atoms with Crippen molar-refractivity contribution in [2.45, 2.75) is 31.5 Å². The molecule has 8 heteroatoms. The van der Waals surface area contributed by atoms with Crippen LogP contribution in [0.4, 0.5) is 5.95 Å². The first-order valence-electron chi connectivity index (χ1n) is 14.7. The van der Waals surface area contributed by atoms with Crippen LogP contribution in [0.15, 0.2) is 91.4 Å². The third kappa shape index (κ3) is 6.61. The molecule has 0 spiro atoms. The van der Waals surface area contributed by atoms with Crippen molar-refractivity contribution in [3.8, 4) is 22.6 Å². The van der Waals surface area contributed by atoms with E-state index < -0.39 is 0 Å². The fourth-order valence-corrected chi connectivity index (χ4v) is 5.77. The number of hydrogen-bond donors (Lipinski definition) is 2. The molecule has 5 aromatic rings. The lowest BCUT2D eigenvalue weighted by molar-refractivity contribution is 0.00970. The zero-order valence-electron chi connectivity index (χ0n) is 24.6. The van der Waals surface area contributed by atoms with Crippen LogP contribution in [0.2, 0.25) is 0 Å². The highest BCUT2D eigenvalue weighted by Gasteiger charge is 2.28. The van der Waals surface area contributed by atoms with Crippen LogP contribution >= 0.6 is 0 Å². The fraction of sp³-hybridized carbons (Fsp3) is 0.286. The van der Waals surface area contributed by atoms with Crippen LogP contribution in [-0.4, -0.2) is 54.9 Å². The smallest absolute Gasteiger partial charge is 0.222 e. The molecular weight excluding hydrogens is 538 g/mol. The van der Waals surface area contributed by atoms with Crippen LogP contribution in [0.3, 0.4) is 0 Å². The number of rotatable bonds is 11. The molecular formula is C35H37N5O3. The maximum absolute atomic E-state index is 6.53. The third-order valence-electron chi connectivity index (χ3n) is 8.03. The first-order valence-corrected chi connectivity index (χ1v) is 14.7. The minimum atomic E-state index is -0.0248. The summed E-state index contributed by atoms with van der Waals surface area (Å²) < 4.78 is 18.0. The third-order valence-corrected chi connectivity index (χ3v) is 8.03. The lowest BCUT2D eigenvalue weighted by Crippen LogP contribution is -2.41. The van der Waals surface area contributed by atoms with Crippen molar-refractivity contribution in [2.75, 3.05) is 39.2 Å². The maximum Gasteiger partial charge on any atom is 0.222 e. The Morgan fingerprint density at radius 1 is 0.837 bits per heavy atom. The van der Waals surface area contributed by atoms with Crippen molar-refractivity contribution < 1.29 is 14.2 Å². The first-order chi connectivity index (χ1) is 21.2. The molecule has 43 heavy (non-hydrogen) atoms. The number of benzene rings is 3. The minimum Gasteiger partial charge on any atom is -0.496 e. The van der Waals surface area contributed by atoms with Crippen LogP contribution in [0, 0.1) is 0 Å². The molecule has 8 nitrogen and oxygen atoms in total. The molecule has 3 heterocycles. The molecule has 0 bridgehead atoms. The van der Waals surface area contributed by atoms with E-state index in [4.69, 9.17) is 14.2 Å². The summed E-state index contributed by atoms with van der Waals surface area (Å²) in [6.45, 7) is 2.79. The standard InChI is InChI=1S/C35H37N5O3/c1-41-32-18-26(34(42-2)31-11-7-6-10-30(31)32)23-43-33-22-36-16-15-29(33)27-20-39-35(40-21-27)37-17-14-28-13-12-25(19-38-28)24-8-4-3-5-9-24/h3-13,18-21,29,33,36H,14-17,22-23H2,1-2H3,(H,37,39,40). The number of hydrogen-bond acceptors (Lipinski definition) is 8. The van der Waals surface area contributed by atoms with E-state index in [0.29, 0.717) is 19.1 Å². The molecule has 2 atom stereocenters. The Labute approximate surface area is 252 Å². The van der Waals surface area contributed by atoms with Crippen molar-refractivity contribution in [1.82, 2.24) is 20.3 Å². The highest BCUT2D eigenvalue weighted by molar-refractivity contribution is 5.94. The molecule has 2 unspecified atom stereocenters.